The molecule has 2 aromatic carbocycles. The highest BCUT2D eigenvalue weighted by molar-refractivity contribution is 6.52. The number of Topliss-reactive ketones (excluding diaryl/α,β-unsaturated/α-hetero) is 1. The third-order valence-electron chi connectivity index (χ3n) is 3.86. The first-order valence-corrected chi connectivity index (χ1v) is 6.67. The van der Waals surface area contributed by atoms with E-state index in [-0.39, 0.29) is 11.5 Å². The lowest BCUT2D eigenvalue weighted by molar-refractivity contribution is -0.355. The number of ketones is 1. The molecular weight excluding hydrogens is 266 g/mol. The highest BCUT2D eigenvalue weighted by Gasteiger charge is 2.36. The Morgan fingerprint density at radius 2 is 1.67 bits per heavy atom. The largest absolute Gasteiger partial charge is 0.618 e. The second kappa shape index (κ2) is 4.74. The molecule has 0 aromatic heterocycles. The van der Waals surface area contributed by atoms with Crippen LogP contribution in [0.1, 0.15) is 27.0 Å². The van der Waals surface area contributed by atoms with Gasteiger partial charge < -0.3 is 9.94 Å². The van der Waals surface area contributed by atoms with Crippen molar-refractivity contribution >= 4 is 17.2 Å². The monoisotopic (exact) mass is 281 g/mol. The summed E-state index contributed by atoms with van der Waals surface area (Å²) in [4.78, 5) is 12.5. The van der Waals surface area contributed by atoms with Gasteiger partial charge >= 0.3 is 0 Å². The first kappa shape index (κ1) is 13.4. The average molecular weight is 281 g/mol. The van der Waals surface area contributed by atoms with E-state index < -0.39 is 0 Å². The first-order chi connectivity index (χ1) is 10.0. The Labute approximate surface area is 122 Å². The minimum absolute atomic E-state index is 0.164. The predicted octanol–water partition coefficient (Wildman–Crippen LogP) is 3.14. The Morgan fingerprint density at radius 3 is 2.29 bits per heavy atom. The molecule has 1 aliphatic rings. The maximum Gasteiger partial charge on any atom is 0.272 e. The highest BCUT2D eigenvalue weighted by Crippen LogP contribution is 2.31. The number of methoxy groups -OCH3 is 1. The Hall–Kier alpha value is -2.62. The molecule has 2 aromatic rings. The van der Waals surface area contributed by atoms with Crippen molar-refractivity contribution in [2.24, 2.45) is 0 Å². The molecular formula is C17H15NO3. The van der Waals surface area contributed by atoms with E-state index >= 15 is 0 Å². The van der Waals surface area contributed by atoms with Gasteiger partial charge in [0.1, 0.15) is 11.3 Å². The summed E-state index contributed by atoms with van der Waals surface area (Å²) < 4.78 is 5.82. The summed E-state index contributed by atoms with van der Waals surface area (Å²) >= 11 is 0. The van der Waals surface area contributed by atoms with E-state index in [1.54, 1.807) is 43.5 Å². The van der Waals surface area contributed by atoms with Gasteiger partial charge in [-0.05, 0) is 55.3 Å². The Balaban J connectivity index is 2.13. The van der Waals surface area contributed by atoms with Gasteiger partial charge in [-0.25, -0.2) is 0 Å². The van der Waals surface area contributed by atoms with Gasteiger partial charge in [-0.15, -0.1) is 0 Å². The number of carbonyl (C=O) groups excluding carboxylic acids is 1. The summed E-state index contributed by atoms with van der Waals surface area (Å²) in [7, 11) is 1.57. The maximum atomic E-state index is 12.5. The number of fused-ring (bicyclic) bond motifs is 1. The maximum absolute atomic E-state index is 12.5. The topological polar surface area (TPSA) is 52.4 Å². The molecule has 0 amide bonds. The zero-order chi connectivity index (χ0) is 15.1. The fourth-order valence-electron chi connectivity index (χ4n) is 2.49. The van der Waals surface area contributed by atoms with Crippen molar-refractivity contribution in [3.05, 3.63) is 63.9 Å². The van der Waals surface area contributed by atoms with Crippen LogP contribution in [0.3, 0.4) is 0 Å². The summed E-state index contributed by atoms with van der Waals surface area (Å²) in [5.74, 6) is 0.458. The van der Waals surface area contributed by atoms with Crippen molar-refractivity contribution in [3.63, 3.8) is 0 Å². The van der Waals surface area contributed by atoms with E-state index in [9.17, 15) is 10.0 Å². The normalized spacial score (nSPS) is 13.6. The number of aryl methyl sites for hydroxylation is 2. The van der Waals surface area contributed by atoms with Crippen LogP contribution < -0.4 is 4.74 Å². The van der Waals surface area contributed by atoms with Crippen LogP contribution in [-0.2, 0) is 0 Å². The molecule has 1 heterocycles. The van der Waals surface area contributed by atoms with Gasteiger partial charge in [0.05, 0.1) is 12.7 Å². The van der Waals surface area contributed by atoms with E-state index in [4.69, 9.17) is 4.74 Å². The molecule has 0 N–H and O–H groups in total. The number of ether oxygens (including phenoxy) is 1. The van der Waals surface area contributed by atoms with Crippen molar-refractivity contribution in [1.82, 2.24) is 0 Å². The second-order valence-electron chi connectivity index (χ2n) is 5.15. The van der Waals surface area contributed by atoms with Crippen molar-refractivity contribution in [1.29, 1.82) is 0 Å². The summed E-state index contributed by atoms with van der Waals surface area (Å²) in [5.41, 5.74) is 3.66. The second-order valence-corrected chi connectivity index (χ2v) is 5.15. The summed E-state index contributed by atoms with van der Waals surface area (Å²) in [6.07, 6.45) is 0. The summed E-state index contributed by atoms with van der Waals surface area (Å²) in [6, 6.07) is 10.5. The number of rotatable bonds is 2. The minimum Gasteiger partial charge on any atom is -0.618 e. The van der Waals surface area contributed by atoms with Crippen LogP contribution in [0.5, 0.6) is 5.75 Å². The van der Waals surface area contributed by atoms with Gasteiger partial charge in [0.25, 0.3) is 11.5 Å². The smallest absolute Gasteiger partial charge is 0.272 e. The number of hydrogen-bond acceptors (Lipinski definition) is 3. The van der Waals surface area contributed by atoms with Crippen LogP contribution in [-0.4, -0.2) is 23.3 Å². The van der Waals surface area contributed by atoms with E-state index in [0.29, 0.717) is 22.6 Å². The Morgan fingerprint density at radius 1 is 1.05 bits per heavy atom. The molecule has 3 rings (SSSR count). The molecule has 1 aliphatic heterocycles. The molecule has 0 atom stereocenters. The van der Waals surface area contributed by atoms with Gasteiger partial charge in [-0.2, -0.15) is 4.74 Å². The molecule has 0 spiro atoms. The standard InChI is InChI=1S/C17H15NO3/c1-10-8-14-15(9-11(10)2)18(20)16(17(14)19)12-4-6-13(21-3)7-5-12/h4-9H,1-3H3. The number of carbonyl (C=O) groups is 1. The van der Waals surface area contributed by atoms with Crippen LogP contribution >= 0.6 is 0 Å². The number of nitrogens with zero attached hydrogens (tertiary/aromatic N) is 1. The minimum atomic E-state index is -0.228. The molecule has 106 valence electrons. The van der Waals surface area contributed by atoms with Crippen molar-refractivity contribution in [2.75, 3.05) is 7.11 Å². The van der Waals surface area contributed by atoms with Gasteiger partial charge in [-0.3, -0.25) is 4.79 Å². The number of hydrogen-bond donors (Lipinski definition) is 0. The summed E-state index contributed by atoms with van der Waals surface area (Å²) in [6.45, 7) is 3.86. The third kappa shape index (κ3) is 2.00. The van der Waals surface area contributed by atoms with Crippen LogP contribution in [0.2, 0.25) is 0 Å². The molecule has 0 radical (unpaired) electrons. The quantitative estimate of drug-likeness (QED) is 0.627. The average Bonchev–Trinajstić information content (AvgIpc) is 2.72. The van der Waals surface area contributed by atoms with E-state index in [2.05, 4.69) is 0 Å². The Bertz CT molecular complexity index is 773. The molecule has 0 bridgehead atoms. The van der Waals surface area contributed by atoms with E-state index in [1.807, 2.05) is 13.8 Å². The van der Waals surface area contributed by atoms with Gasteiger partial charge in [0.15, 0.2) is 0 Å². The lowest BCUT2D eigenvalue weighted by Crippen LogP contribution is -2.16. The third-order valence-corrected chi connectivity index (χ3v) is 3.86. The van der Waals surface area contributed by atoms with E-state index in [1.165, 1.54) is 0 Å². The SMILES string of the molecule is COc1ccc(C2=[N+]([O-])c3cc(C)c(C)cc3C2=O)cc1. The highest BCUT2D eigenvalue weighted by atomic mass is 16.5. The van der Waals surface area contributed by atoms with Crippen LogP contribution in [0.25, 0.3) is 0 Å². The zero-order valence-corrected chi connectivity index (χ0v) is 12.1. The van der Waals surface area contributed by atoms with Gasteiger partial charge in [0.2, 0.25) is 5.69 Å². The van der Waals surface area contributed by atoms with Crippen LogP contribution in [0.4, 0.5) is 5.69 Å². The molecule has 4 nitrogen and oxygen atoms in total. The lowest BCUT2D eigenvalue weighted by atomic mass is 9.99. The van der Waals surface area contributed by atoms with Crippen LogP contribution in [0.15, 0.2) is 36.4 Å². The van der Waals surface area contributed by atoms with E-state index in [0.717, 1.165) is 15.9 Å². The molecule has 0 unspecified atom stereocenters. The number of benzene rings is 2. The Kier molecular flexibility index (Phi) is 3.01. The van der Waals surface area contributed by atoms with Crippen LogP contribution in [0, 0.1) is 19.1 Å². The molecule has 0 fully saturated rings. The van der Waals surface area contributed by atoms with Crippen molar-refractivity contribution in [3.8, 4) is 5.75 Å². The van der Waals surface area contributed by atoms with Gasteiger partial charge in [-0.1, -0.05) is 0 Å². The van der Waals surface area contributed by atoms with Gasteiger partial charge in [0, 0.05) is 6.07 Å². The fourth-order valence-corrected chi connectivity index (χ4v) is 2.49. The molecule has 21 heavy (non-hydrogen) atoms. The van der Waals surface area contributed by atoms with Crippen molar-refractivity contribution in [2.45, 2.75) is 13.8 Å². The molecule has 0 aliphatic carbocycles. The predicted molar refractivity (Wildman–Crippen MR) is 80.6 cm³/mol. The zero-order valence-electron chi connectivity index (χ0n) is 12.1. The molecule has 4 heteroatoms. The summed E-state index contributed by atoms with van der Waals surface area (Å²) in [5, 5.41) is 12.5. The fraction of sp³-hybridized carbons (Fsp3) is 0.176. The van der Waals surface area contributed by atoms with Crippen molar-refractivity contribution < 1.29 is 14.3 Å². The lowest BCUT2D eigenvalue weighted by Gasteiger charge is -2.04. The first-order valence-electron chi connectivity index (χ1n) is 6.67. The molecule has 0 saturated heterocycles. The molecule has 0 saturated carbocycles.